The third-order valence-corrected chi connectivity index (χ3v) is 3.94. The second-order valence-corrected chi connectivity index (χ2v) is 4.56. The molecule has 1 saturated heterocycles. The number of fused-ring (bicyclic) bond motifs is 1. The van der Waals surface area contributed by atoms with Gasteiger partial charge in [0.15, 0.2) is 0 Å². The second kappa shape index (κ2) is 4.21. The Bertz CT molecular complexity index is 360. The number of β-lactam (4-membered cyclic amide) rings is 1. The Kier molecular flexibility index (Phi) is 3.55. The molecule has 3 N–H and O–H groups in total. The molecular weight excluding hydrogens is 263 g/mol. The molecule has 5 nitrogen and oxygen atoms in total. The third kappa shape index (κ3) is 1.71. The molecule has 0 radical (unpaired) electrons. The van der Waals surface area contributed by atoms with Gasteiger partial charge in [0.2, 0.25) is 5.91 Å². The molecule has 15 heavy (non-hydrogen) atoms. The van der Waals surface area contributed by atoms with Crippen LogP contribution in [-0.2, 0) is 9.59 Å². The van der Waals surface area contributed by atoms with Gasteiger partial charge in [-0.05, 0) is 0 Å². The van der Waals surface area contributed by atoms with Crippen LogP contribution >= 0.6 is 35.8 Å². The molecule has 1 amide bonds. The van der Waals surface area contributed by atoms with Crippen molar-refractivity contribution in [2.24, 2.45) is 5.73 Å². The lowest BCUT2D eigenvalue weighted by Gasteiger charge is -2.47. The molecule has 2 aliphatic rings. The topological polar surface area (TPSA) is 83.6 Å². The first kappa shape index (κ1) is 12.6. The minimum Gasteiger partial charge on any atom is -0.477 e. The van der Waals surface area contributed by atoms with Crippen LogP contribution < -0.4 is 5.73 Å². The number of carbonyl (C=O) groups is 2. The number of nitrogens with zero attached hydrogens (tertiary/aromatic N) is 1. The minimum absolute atomic E-state index is 0. The van der Waals surface area contributed by atoms with Gasteiger partial charge in [0.25, 0.3) is 0 Å². The molecule has 0 aromatic carbocycles. The van der Waals surface area contributed by atoms with E-state index in [4.69, 9.17) is 22.4 Å². The van der Waals surface area contributed by atoms with Crippen LogP contribution in [0, 0.1) is 0 Å². The van der Waals surface area contributed by atoms with Crippen LogP contribution in [0.15, 0.2) is 10.7 Å². The lowest BCUT2D eigenvalue weighted by atomic mass is 10.1. The Morgan fingerprint density at radius 2 is 2.27 bits per heavy atom. The van der Waals surface area contributed by atoms with E-state index < -0.39 is 12.0 Å². The molecule has 0 bridgehead atoms. The smallest absolute Gasteiger partial charge is 0.353 e. The molecular formula is C7H8Cl2N2O3S. The molecule has 0 aromatic rings. The Morgan fingerprint density at radius 3 is 2.80 bits per heavy atom. The summed E-state index contributed by atoms with van der Waals surface area (Å²) >= 11 is 7.11. The third-order valence-electron chi connectivity index (χ3n) is 2.17. The molecule has 0 aromatic heterocycles. The van der Waals surface area contributed by atoms with Gasteiger partial charge >= 0.3 is 5.97 Å². The number of amides is 1. The van der Waals surface area contributed by atoms with Crippen molar-refractivity contribution in [1.29, 1.82) is 0 Å². The Labute approximate surface area is 101 Å². The van der Waals surface area contributed by atoms with E-state index in [2.05, 4.69) is 0 Å². The lowest BCUT2D eigenvalue weighted by molar-refractivity contribution is -0.147. The van der Waals surface area contributed by atoms with E-state index in [0.717, 1.165) is 4.90 Å². The molecule has 84 valence electrons. The van der Waals surface area contributed by atoms with Gasteiger partial charge in [-0.25, -0.2) is 4.79 Å². The van der Waals surface area contributed by atoms with Crippen LogP contribution in [0.25, 0.3) is 0 Å². The maximum absolute atomic E-state index is 11.3. The van der Waals surface area contributed by atoms with Gasteiger partial charge in [0.05, 0.1) is 5.03 Å². The highest BCUT2D eigenvalue weighted by molar-refractivity contribution is 8.00. The van der Waals surface area contributed by atoms with Gasteiger partial charge in [-0.2, -0.15) is 0 Å². The van der Waals surface area contributed by atoms with Crippen molar-refractivity contribution in [2.75, 3.05) is 5.75 Å². The average Bonchev–Trinajstić information content (AvgIpc) is 2.15. The van der Waals surface area contributed by atoms with Crippen molar-refractivity contribution in [2.45, 2.75) is 11.4 Å². The number of carboxylic acids is 1. The zero-order valence-electron chi connectivity index (χ0n) is 7.34. The summed E-state index contributed by atoms with van der Waals surface area (Å²) in [6, 6.07) is -0.598. The molecule has 2 atom stereocenters. The molecule has 0 aliphatic carbocycles. The van der Waals surface area contributed by atoms with Gasteiger partial charge in [-0.15, -0.1) is 24.2 Å². The predicted molar refractivity (Wildman–Crippen MR) is 58.8 cm³/mol. The first-order valence-corrected chi connectivity index (χ1v) is 5.29. The Balaban J connectivity index is 0.00000112. The van der Waals surface area contributed by atoms with Gasteiger partial charge in [0, 0.05) is 5.75 Å². The summed E-state index contributed by atoms with van der Waals surface area (Å²) in [5.41, 5.74) is 5.39. The lowest BCUT2D eigenvalue weighted by Crippen LogP contribution is -2.68. The summed E-state index contributed by atoms with van der Waals surface area (Å²) in [6.07, 6.45) is 0. The first-order valence-electron chi connectivity index (χ1n) is 3.86. The fraction of sp³-hybridized carbons (Fsp3) is 0.429. The summed E-state index contributed by atoms with van der Waals surface area (Å²) in [7, 11) is 0. The maximum Gasteiger partial charge on any atom is 0.353 e. The number of thioether (sulfide) groups is 1. The summed E-state index contributed by atoms with van der Waals surface area (Å²) in [5.74, 6) is -1.16. The molecule has 0 saturated carbocycles. The monoisotopic (exact) mass is 270 g/mol. The molecule has 1 fully saturated rings. The van der Waals surface area contributed by atoms with Crippen molar-refractivity contribution < 1.29 is 14.7 Å². The molecule has 2 rings (SSSR count). The van der Waals surface area contributed by atoms with E-state index in [1.807, 2.05) is 0 Å². The molecule has 0 spiro atoms. The predicted octanol–water partition coefficient (Wildman–Crippen LogP) is 0.186. The van der Waals surface area contributed by atoms with Crippen molar-refractivity contribution in [3.05, 3.63) is 10.7 Å². The van der Waals surface area contributed by atoms with Crippen molar-refractivity contribution in [3.8, 4) is 0 Å². The number of nitrogens with two attached hydrogens (primary N) is 1. The van der Waals surface area contributed by atoms with Crippen LogP contribution in [0.4, 0.5) is 0 Å². The summed E-state index contributed by atoms with van der Waals surface area (Å²) in [4.78, 5) is 23.3. The first-order chi connectivity index (χ1) is 6.54. The largest absolute Gasteiger partial charge is 0.477 e. The number of halogens is 2. The fourth-order valence-electron chi connectivity index (χ4n) is 1.48. The van der Waals surface area contributed by atoms with Crippen molar-refractivity contribution in [1.82, 2.24) is 4.90 Å². The van der Waals surface area contributed by atoms with E-state index in [0.29, 0.717) is 5.75 Å². The van der Waals surface area contributed by atoms with Gasteiger partial charge in [-0.3, -0.25) is 9.69 Å². The average molecular weight is 271 g/mol. The van der Waals surface area contributed by atoms with Crippen LogP contribution in [-0.4, -0.2) is 39.1 Å². The van der Waals surface area contributed by atoms with E-state index in [1.54, 1.807) is 0 Å². The van der Waals surface area contributed by atoms with E-state index in [9.17, 15) is 9.59 Å². The highest BCUT2D eigenvalue weighted by atomic mass is 35.5. The zero-order valence-corrected chi connectivity index (χ0v) is 9.73. The van der Waals surface area contributed by atoms with Crippen LogP contribution in [0.1, 0.15) is 0 Å². The van der Waals surface area contributed by atoms with E-state index in [1.165, 1.54) is 11.8 Å². The maximum atomic E-state index is 11.3. The summed E-state index contributed by atoms with van der Waals surface area (Å²) in [5, 5.41) is 8.77. The Morgan fingerprint density at radius 1 is 1.67 bits per heavy atom. The molecule has 2 aliphatic heterocycles. The number of carboxylic acid groups (broad SMARTS) is 1. The van der Waals surface area contributed by atoms with Crippen molar-refractivity contribution >= 4 is 47.6 Å². The Hall–Kier alpha value is -0.430. The van der Waals surface area contributed by atoms with Crippen molar-refractivity contribution in [3.63, 3.8) is 0 Å². The standard InChI is InChI=1S/C7H7ClN2O3S.ClH/c8-2-1-14-6-3(9)5(11)10(6)4(2)7(12)13;/h3,6H,1,9H2,(H,12,13);1H/t3?,6-;/m0./s1. The fourth-order valence-corrected chi connectivity index (χ4v) is 2.98. The van der Waals surface area contributed by atoms with E-state index >= 15 is 0 Å². The van der Waals surface area contributed by atoms with Crippen LogP contribution in [0.5, 0.6) is 0 Å². The SMILES string of the molecule is Cl.NC1C(=O)N2C(C(=O)O)=C(Cl)CS[C@@H]12. The van der Waals surface area contributed by atoms with E-state index in [-0.39, 0.29) is 34.4 Å². The zero-order chi connectivity index (χ0) is 10.5. The normalized spacial score (nSPS) is 29.2. The number of carbonyl (C=O) groups excluding carboxylic acids is 1. The second-order valence-electron chi connectivity index (χ2n) is 2.99. The highest BCUT2D eigenvalue weighted by Crippen LogP contribution is 2.40. The highest BCUT2D eigenvalue weighted by Gasteiger charge is 2.51. The number of hydrogen-bond acceptors (Lipinski definition) is 4. The van der Waals surface area contributed by atoms with Gasteiger partial charge in [0.1, 0.15) is 17.1 Å². The van der Waals surface area contributed by atoms with Gasteiger partial charge < -0.3 is 10.8 Å². The number of rotatable bonds is 1. The number of hydrogen-bond donors (Lipinski definition) is 2. The summed E-state index contributed by atoms with van der Waals surface area (Å²) in [6.45, 7) is 0. The molecule has 8 heteroatoms. The van der Waals surface area contributed by atoms with Gasteiger partial charge in [-0.1, -0.05) is 11.6 Å². The molecule has 2 heterocycles. The molecule has 1 unspecified atom stereocenters. The van der Waals surface area contributed by atoms with Crippen LogP contribution in [0.2, 0.25) is 0 Å². The van der Waals surface area contributed by atoms with Crippen LogP contribution in [0.3, 0.4) is 0 Å². The number of aliphatic carboxylic acids is 1. The quantitative estimate of drug-likeness (QED) is 0.665. The summed E-state index contributed by atoms with van der Waals surface area (Å²) < 4.78 is 0. The minimum atomic E-state index is -1.18.